The molecule has 0 saturated carbocycles. The quantitative estimate of drug-likeness (QED) is 0.487. The van der Waals surface area contributed by atoms with Crippen molar-refractivity contribution in [2.75, 3.05) is 0 Å². The zero-order chi connectivity index (χ0) is 13.0. The lowest BCUT2D eigenvalue weighted by atomic mass is 9.95. The predicted octanol–water partition coefficient (Wildman–Crippen LogP) is 4.50. The molecular weight excluding hydrogens is 312 g/mol. The lowest BCUT2D eigenvalue weighted by Crippen LogP contribution is -2.29. The summed E-state index contributed by atoms with van der Waals surface area (Å²) in [5.41, 5.74) is 5.31. The Hall–Kier alpha value is -0.350. The summed E-state index contributed by atoms with van der Waals surface area (Å²) in [6, 6.07) is 5.99. The van der Waals surface area contributed by atoms with Crippen molar-refractivity contribution in [1.29, 1.82) is 0 Å². The third kappa shape index (κ3) is 3.15. The SMILES string of the molecule is NNC(C1=CCCCCC1)c1cccc(Br)c1Cl. The molecule has 1 aromatic rings. The number of benzene rings is 1. The Morgan fingerprint density at radius 2 is 2.11 bits per heavy atom. The molecule has 2 nitrogen and oxygen atoms in total. The average molecular weight is 330 g/mol. The van der Waals surface area contributed by atoms with Crippen molar-refractivity contribution in [3.8, 4) is 0 Å². The Balaban J connectivity index is 2.32. The van der Waals surface area contributed by atoms with Gasteiger partial charge in [0, 0.05) is 4.47 Å². The van der Waals surface area contributed by atoms with Crippen LogP contribution in [0.4, 0.5) is 0 Å². The highest BCUT2D eigenvalue weighted by Gasteiger charge is 2.19. The molecular formula is C14H18BrClN2. The molecule has 1 aliphatic rings. The van der Waals surface area contributed by atoms with Crippen molar-refractivity contribution in [3.63, 3.8) is 0 Å². The summed E-state index contributed by atoms with van der Waals surface area (Å²) in [5.74, 6) is 5.74. The molecule has 4 heteroatoms. The summed E-state index contributed by atoms with van der Waals surface area (Å²) in [5, 5.41) is 0.741. The van der Waals surface area contributed by atoms with Crippen LogP contribution in [0.2, 0.25) is 5.02 Å². The first kappa shape index (κ1) is 14.1. The molecule has 3 N–H and O–H groups in total. The Bertz CT molecular complexity index is 445. The van der Waals surface area contributed by atoms with Crippen molar-refractivity contribution in [2.24, 2.45) is 5.84 Å². The topological polar surface area (TPSA) is 38.0 Å². The van der Waals surface area contributed by atoms with Crippen LogP contribution in [-0.2, 0) is 0 Å². The molecule has 0 saturated heterocycles. The maximum absolute atomic E-state index is 6.36. The Labute approximate surface area is 122 Å². The Kier molecular flexibility index (Phi) is 5.25. The van der Waals surface area contributed by atoms with Gasteiger partial charge in [-0.05, 0) is 53.2 Å². The van der Waals surface area contributed by atoms with Gasteiger partial charge in [-0.2, -0.15) is 0 Å². The maximum atomic E-state index is 6.36. The van der Waals surface area contributed by atoms with Crippen molar-refractivity contribution in [1.82, 2.24) is 5.43 Å². The van der Waals surface area contributed by atoms with Gasteiger partial charge in [0.05, 0.1) is 11.1 Å². The molecule has 0 heterocycles. The van der Waals surface area contributed by atoms with Crippen LogP contribution in [0, 0.1) is 0 Å². The zero-order valence-corrected chi connectivity index (χ0v) is 12.6. The third-order valence-electron chi connectivity index (χ3n) is 3.41. The van der Waals surface area contributed by atoms with E-state index in [9.17, 15) is 0 Å². The minimum absolute atomic E-state index is 0.0214. The van der Waals surface area contributed by atoms with E-state index in [0.29, 0.717) is 0 Å². The van der Waals surface area contributed by atoms with Gasteiger partial charge in [-0.15, -0.1) is 0 Å². The van der Waals surface area contributed by atoms with E-state index in [1.54, 1.807) is 0 Å². The van der Waals surface area contributed by atoms with Crippen LogP contribution in [0.5, 0.6) is 0 Å². The van der Waals surface area contributed by atoms with Crippen LogP contribution in [-0.4, -0.2) is 0 Å². The maximum Gasteiger partial charge on any atom is 0.0684 e. The summed E-state index contributed by atoms with van der Waals surface area (Å²) in [4.78, 5) is 0. The number of hydrazine groups is 1. The van der Waals surface area contributed by atoms with Crippen LogP contribution >= 0.6 is 27.5 Å². The summed E-state index contributed by atoms with van der Waals surface area (Å²) in [6.07, 6.45) is 8.34. The molecule has 1 unspecified atom stereocenters. The minimum Gasteiger partial charge on any atom is -0.271 e. The molecule has 0 aliphatic heterocycles. The first-order chi connectivity index (χ1) is 8.74. The van der Waals surface area contributed by atoms with Crippen molar-refractivity contribution in [3.05, 3.63) is 44.9 Å². The van der Waals surface area contributed by atoms with E-state index in [0.717, 1.165) is 27.9 Å². The second-order valence-electron chi connectivity index (χ2n) is 4.62. The Morgan fingerprint density at radius 1 is 1.28 bits per heavy atom. The van der Waals surface area contributed by atoms with Crippen LogP contribution in [0.3, 0.4) is 0 Å². The molecule has 0 amide bonds. The summed E-state index contributed by atoms with van der Waals surface area (Å²) in [7, 11) is 0. The monoisotopic (exact) mass is 328 g/mol. The molecule has 0 aromatic heterocycles. The fourth-order valence-corrected chi connectivity index (χ4v) is 3.06. The molecule has 18 heavy (non-hydrogen) atoms. The summed E-state index contributed by atoms with van der Waals surface area (Å²) < 4.78 is 0.913. The first-order valence-corrected chi connectivity index (χ1v) is 7.50. The van der Waals surface area contributed by atoms with E-state index < -0.39 is 0 Å². The van der Waals surface area contributed by atoms with Crippen molar-refractivity contribution < 1.29 is 0 Å². The van der Waals surface area contributed by atoms with Gasteiger partial charge in [0.2, 0.25) is 0 Å². The van der Waals surface area contributed by atoms with E-state index in [4.69, 9.17) is 17.4 Å². The molecule has 0 bridgehead atoms. The van der Waals surface area contributed by atoms with Gasteiger partial charge in [0.1, 0.15) is 0 Å². The van der Waals surface area contributed by atoms with E-state index in [-0.39, 0.29) is 6.04 Å². The highest BCUT2D eigenvalue weighted by atomic mass is 79.9. The number of nitrogens with one attached hydrogen (secondary N) is 1. The molecule has 2 rings (SSSR count). The molecule has 0 fully saturated rings. The second-order valence-corrected chi connectivity index (χ2v) is 5.85. The largest absolute Gasteiger partial charge is 0.271 e. The smallest absolute Gasteiger partial charge is 0.0684 e. The van der Waals surface area contributed by atoms with Gasteiger partial charge in [0.25, 0.3) is 0 Å². The number of hydrogen-bond donors (Lipinski definition) is 2. The van der Waals surface area contributed by atoms with Gasteiger partial charge < -0.3 is 0 Å². The lowest BCUT2D eigenvalue weighted by Gasteiger charge is -2.21. The second kappa shape index (κ2) is 6.71. The number of allylic oxidation sites excluding steroid dienone is 1. The van der Waals surface area contributed by atoms with E-state index in [1.165, 1.54) is 24.8 Å². The number of nitrogens with two attached hydrogens (primary N) is 1. The fraction of sp³-hybridized carbons (Fsp3) is 0.429. The molecule has 0 radical (unpaired) electrons. The van der Waals surface area contributed by atoms with Crippen LogP contribution in [0.25, 0.3) is 0 Å². The first-order valence-electron chi connectivity index (χ1n) is 6.33. The predicted molar refractivity (Wildman–Crippen MR) is 80.4 cm³/mol. The fourth-order valence-electron chi connectivity index (χ4n) is 2.44. The minimum atomic E-state index is 0.0214. The average Bonchev–Trinajstić information content (AvgIpc) is 2.64. The highest BCUT2D eigenvalue weighted by molar-refractivity contribution is 9.10. The zero-order valence-electron chi connectivity index (χ0n) is 10.3. The normalized spacial score (nSPS) is 18.1. The molecule has 1 aliphatic carbocycles. The van der Waals surface area contributed by atoms with Crippen molar-refractivity contribution >= 4 is 27.5 Å². The van der Waals surface area contributed by atoms with Gasteiger partial charge in [0.15, 0.2) is 0 Å². The third-order valence-corrected chi connectivity index (χ3v) is 4.72. The van der Waals surface area contributed by atoms with Crippen LogP contribution < -0.4 is 11.3 Å². The molecule has 98 valence electrons. The molecule has 1 atom stereocenters. The van der Waals surface area contributed by atoms with Gasteiger partial charge >= 0.3 is 0 Å². The van der Waals surface area contributed by atoms with Gasteiger partial charge in [-0.3, -0.25) is 5.84 Å². The van der Waals surface area contributed by atoms with E-state index in [1.807, 2.05) is 18.2 Å². The van der Waals surface area contributed by atoms with E-state index in [2.05, 4.69) is 27.4 Å². The van der Waals surface area contributed by atoms with Crippen LogP contribution in [0.15, 0.2) is 34.3 Å². The molecule has 1 aromatic carbocycles. The lowest BCUT2D eigenvalue weighted by molar-refractivity contribution is 0.593. The Morgan fingerprint density at radius 3 is 2.89 bits per heavy atom. The van der Waals surface area contributed by atoms with Crippen LogP contribution in [0.1, 0.15) is 43.7 Å². The summed E-state index contributed by atoms with van der Waals surface area (Å²) in [6.45, 7) is 0. The number of rotatable bonds is 3. The highest BCUT2D eigenvalue weighted by Crippen LogP contribution is 2.35. The van der Waals surface area contributed by atoms with E-state index >= 15 is 0 Å². The van der Waals surface area contributed by atoms with Gasteiger partial charge in [-0.25, -0.2) is 5.43 Å². The van der Waals surface area contributed by atoms with Crippen molar-refractivity contribution in [2.45, 2.75) is 38.1 Å². The van der Waals surface area contributed by atoms with Gasteiger partial charge in [-0.1, -0.05) is 41.8 Å². The number of halogens is 2. The summed E-state index contributed by atoms with van der Waals surface area (Å²) >= 11 is 9.82. The number of hydrogen-bond acceptors (Lipinski definition) is 2. The standard InChI is InChI=1S/C14H18BrClN2/c15-12-9-5-8-11(13(12)16)14(18-17)10-6-3-1-2-4-7-10/h5-6,8-9,14,18H,1-4,7,17H2. The molecule has 0 spiro atoms.